The Morgan fingerprint density at radius 2 is 2.04 bits per heavy atom. The van der Waals surface area contributed by atoms with E-state index in [9.17, 15) is 19.1 Å². The number of non-ortho nitro benzene ring substituents is 1. The Morgan fingerprint density at radius 3 is 2.57 bits per heavy atom. The van der Waals surface area contributed by atoms with E-state index in [2.05, 4.69) is 9.46 Å². The topological polar surface area (TPSA) is 98.5 Å². The van der Waals surface area contributed by atoms with Crippen LogP contribution in [0.15, 0.2) is 18.2 Å². The summed E-state index contributed by atoms with van der Waals surface area (Å²) in [7, 11) is -1.97. The highest BCUT2D eigenvalue weighted by Gasteiger charge is 2.63. The van der Waals surface area contributed by atoms with Crippen LogP contribution in [0.5, 0.6) is 0 Å². The number of halogens is 2. The lowest BCUT2D eigenvalue weighted by molar-refractivity contribution is -0.385. The Bertz CT molecular complexity index is 810. The van der Waals surface area contributed by atoms with Gasteiger partial charge < -0.3 is 4.74 Å². The van der Waals surface area contributed by atoms with E-state index >= 15 is 8.78 Å². The molecule has 0 amide bonds. The van der Waals surface area contributed by atoms with Crippen molar-refractivity contribution in [2.24, 2.45) is 0 Å². The van der Waals surface area contributed by atoms with E-state index in [-0.39, 0.29) is 30.7 Å². The molecule has 0 heterocycles. The summed E-state index contributed by atoms with van der Waals surface area (Å²) < 4.78 is 49.9. The lowest BCUT2D eigenvalue weighted by atomic mass is 9.73. The molecule has 0 unspecified atom stereocenters. The van der Waals surface area contributed by atoms with Crippen molar-refractivity contribution in [3.8, 4) is 0 Å². The minimum Gasteiger partial charge on any atom is -0.461 e. The first-order valence-electron chi connectivity index (χ1n) is 8.89. The van der Waals surface area contributed by atoms with E-state index in [0.29, 0.717) is 12.0 Å². The molecule has 0 spiro atoms. The number of ether oxygens (including phenoxy) is 1. The molecule has 28 heavy (non-hydrogen) atoms. The molecule has 0 fully saturated rings. The smallest absolute Gasteiger partial charge is 0.379 e. The summed E-state index contributed by atoms with van der Waals surface area (Å²) >= 11 is 0. The van der Waals surface area contributed by atoms with Gasteiger partial charge in [-0.25, -0.2) is 13.7 Å². The summed E-state index contributed by atoms with van der Waals surface area (Å²) in [5.74, 6) is -5.85. The Morgan fingerprint density at radius 1 is 1.39 bits per heavy atom. The van der Waals surface area contributed by atoms with Crippen LogP contribution in [0.25, 0.3) is 0 Å². The zero-order valence-corrected chi connectivity index (χ0v) is 17.0. The number of carbonyl (C=O) groups is 1. The highest BCUT2D eigenvalue weighted by Crippen LogP contribution is 2.48. The zero-order chi connectivity index (χ0) is 21.3. The van der Waals surface area contributed by atoms with E-state index in [4.69, 9.17) is 0 Å². The molecule has 10 heteroatoms. The molecule has 2 rings (SSSR count). The number of nitro benzene ring substituents is 1. The minimum atomic E-state index is -4.09. The van der Waals surface area contributed by atoms with Gasteiger partial charge in [0.1, 0.15) is 5.54 Å². The second-order valence-electron chi connectivity index (χ2n) is 7.64. The fourth-order valence-corrected chi connectivity index (χ4v) is 4.14. The van der Waals surface area contributed by atoms with Gasteiger partial charge >= 0.3 is 11.9 Å². The van der Waals surface area contributed by atoms with Crippen molar-refractivity contribution in [1.82, 2.24) is 4.72 Å². The molecular weight excluding hydrogens is 394 g/mol. The number of carbonyl (C=O) groups excluding carboxylic acids is 1. The summed E-state index contributed by atoms with van der Waals surface area (Å²) in [6.45, 7) is 5.95. The van der Waals surface area contributed by atoms with Gasteiger partial charge in [0.05, 0.1) is 27.3 Å². The summed E-state index contributed by atoms with van der Waals surface area (Å²) in [4.78, 5) is 22.7. The van der Waals surface area contributed by atoms with Crippen LogP contribution in [-0.2, 0) is 32.5 Å². The van der Waals surface area contributed by atoms with E-state index < -0.39 is 38.1 Å². The SMILES string of the molecule is CCOC(=O)C(F)(F)[C@@]1(N[S@](=O)C(C)(C)C)CCCc2ccc([N+](=O)[O-])cc21. The maximum absolute atomic E-state index is 15.5. The van der Waals surface area contributed by atoms with Crippen molar-refractivity contribution < 1.29 is 27.4 Å². The first-order chi connectivity index (χ1) is 12.9. The van der Waals surface area contributed by atoms with Crippen LogP contribution >= 0.6 is 0 Å². The molecule has 156 valence electrons. The molecule has 0 saturated heterocycles. The largest absolute Gasteiger partial charge is 0.461 e. The summed E-state index contributed by atoms with van der Waals surface area (Å²) in [6, 6.07) is 3.68. The van der Waals surface area contributed by atoms with E-state index in [1.165, 1.54) is 19.1 Å². The van der Waals surface area contributed by atoms with E-state index in [0.717, 1.165) is 6.07 Å². The van der Waals surface area contributed by atoms with E-state index in [1.54, 1.807) is 20.8 Å². The minimum absolute atomic E-state index is 0.0939. The third-order valence-corrected chi connectivity index (χ3v) is 6.30. The highest BCUT2D eigenvalue weighted by atomic mass is 32.2. The third kappa shape index (κ3) is 3.93. The number of nitrogens with zero attached hydrogens (tertiary/aromatic N) is 1. The van der Waals surface area contributed by atoms with Gasteiger partial charge in [-0.1, -0.05) is 6.07 Å². The Labute approximate surface area is 164 Å². The molecular formula is C18H24F2N2O5S. The number of nitrogens with one attached hydrogen (secondary N) is 1. The van der Waals surface area contributed by atoms with E-state index in [1.807, 2.05) is 0 Å². The van der Waals surface area contributed by atoms with Crippen molar-refractivity contribution >= 4 is 22.6 Å². The van der Waals surface area contributed by atoms with Gasteiger partial charge in [0.25, 0.3) is 5.69 Å². The maximum atomic E-state index is 15.5. The number of alkyl halides is 2. The molecule has 1 aromatic carbocycles. The monoisotopic (exact) mass is 418 g/mol. The zero-order valence-electron chi connectivity index (χ0n) is 16.2. The first kappa shape index (κ1) is 22.4. The van der Waals surface area contributed by atoms with Crippen LogP contribution in [0.4, 0.5) is 14.5 Å². The van der Waals surface area contributed by atoms with Crippen LogP contribution in [0.1, 0.15) is 51.7 Å². The molecule has 7 nitrogen and oxygen atoms in total. The molecule has 0 aliphatic heterocycles. The van der Waals surface area contributed by atoms with Crippen molar-refractivity contribution in [2.45, 2.75) is 63.2 Å². The maximum Gasteiger partial charge on any atom is 0.379 e. The number of rotatable bonds is 6. The molecule has 0 aromatic heterocycles. The standard InChI is InChI=1S/C18H24F2N2O5S/c1-5-27-15(23)18(19,20)17(21-28(26)16(2,3)4)10-6-7-12-8-9-13(22(24)25)11-14(12)17/h8-9,11,21H,5-7,10H2,1-4H3/t17-,28-/m1/s1. The number of hydrogen-bond donors (Lipinski definition) is 1. The number of esters is 1. The lowest BCUT2D eigenvalue weighted by Crippen LogP contribution is -2.63. The van der Waals surface area contributed by atoms with Gasteiger partial charge in [0, 0.05) is 12.1 Å². The van der Waals surface area contributed by atoms with Crippen LogP contribution in [-0.4, -0.2) is 32.4 Å². The van der Waals surface area contributed by atoms with Crippen molar-refractivity contribution in [2.75, 3.05) is 6.61 Å². The lowest BCUT2D eigenvalue weighted by Gasteiger charge is -2.44. The highest BCUT2D eigenvalue weighted by molar-refractivity contribution is 7.84. The van der Waals surface area contributed by atoms with Gasteiger partial charge in [-0.15, -0.1) is 0 Å². The van der Waals surface area contributed by atoms with Crippen LogP contribution in [0.3, 0.4) is 0 Å². The number of aryl methyl sites for hydroxylation is 1. The first-order valence-corrected chi connectivity index (χ1v) is 10.0. The molecule has 0 radical (unpaired) electrons. The average Bonchev–Trinajstić information content (AvgIpc) is 2.60. The summed E-state index contributed by atoms with van der Waals surface area (Å²) in [5.41, 5.74) is -2.41. The van der Waals surface area contributed by atoms with Gasteiger partial charge in [0.15, 0.2) is 0 Å². The predicted molar refractivity (Wildman–Crippen MR) is 100 cm³/mol. The fraction of sp³-hybridized carbons (Fsp3) is 0.611. The number of fused-ring (bicyclic) bond motifs is 1. The molecule has 1 N–H and O–H groups in total. The molecule has 0 bridgehead atoms. The third-order valence-electron chi connectivity index (χ3n) is 4.65. The van der Waals surface area contributed by atoms with Crippen LogP contribution in [0.2, 0.25) is 0 Å². The molecule has 1 aromatic rings. The normalized spacial score (nSPS) is 20.9. The quantitative estimate of drug-likeness (QED) is 0.434. The Kier molecular flexibility index (Phi) is 6.25. The average molecular weight is 418 g/mol. The molecule has 2 atom stereocenters. The Hall–Kier alpha value is -1.94. The van der Waals surface area contributed by atoms with Gasteiger partial charge in [0.2, 0.25) is 0 Å². The van der Waals surface area contributed by atoms with Gasteiger partial charge in [-0.2, -0.15) is 8.78 Å². The number of benzene rings is 1. The number of nitro groups is 1. The van der Waals surface area contributed by atoms with Gasteiger partial charge in [-0.05, 0) is 58.1 Å². The molecule has 0 saturated carbocycles. The van der Waals surface area contributed by atoms with Crippen LogP contribution < -0.4 is 4.72 Å². The molecule has 1 aliphatic carbocycles. The summed E-state index contributed by atoms with van der Waals surface area (Å²) in [5, 5.41) is 11.2. The van der Waals surface area contributed by atoms with Gasteiger partial charge in [-0.3, -0.25) is 10.1 Å². The van der Waals surface area contributed by atoms with Crippen molar-refractivity contribution in [3.05, 3.63) is 39.4 Å². The van der Waals surface area contributed by atoms with Crippen molar-refractivity contribution in [3.63, 3.8) is 0 Å². The second-order valence-corrected chi connectivity index (χ2v) is 9.60. The Balaban J connectivity index is 2.74. The van der Waals surface area contributed by atoms with Crippen LogP contribution in [0, 0.1) is 10.1 Å². The number of hydrogen-bond acceptors (Lipinski definition) is 5. The predicted octanol–water partition coefficient (Wildman–Crippen LogP) is 3.38. The molecule has 1 aliphatic rings. The second kappa shape index (κ2) is 7.82. The summed E-state index contributed by atoms with van der Waals surface area (Å²) in [6.07, 6.45) is 0.473. The fourth-order valence-electron chi connectivity index (χ4n) is 3.18. The van der Waals surface area contributed by atoms with Crippen molar-refractivity contribution in [1.29, 1.82) is 0 Å².